The van der Waals surface area contributed by atoms with E-state index in [2.05, 4.69) is 35.8 Å². The Kier molecular flexibility index (Phi) is 4.89. The zero-order valence-corrected chi connectivity index (χ0v) is 11.2. The summed E-state index contributed by atoms with van der Waals surface area (Å²) < 4.78 is 0. The van der Waals surface area contributed by atoms with Crippen LogP contribution < -0.4 is 5.32 Å². The highest BCUT2D eigenvalue weighted by Crippen LogP contribution is 2.19. The first-order valence-electron chi connectivity index (χ1n) is 6.34. The summed E-state index contributed by atoms with van der Waals surface area (Å²) in [4.78, 5) is 1.30. The number of rotatable bonds is 4. The van der Waals surface area contributed by atoms with Crippen LogP contribution in [0.2, 0.25) is 0 Å². The lowest BCUT2D eigenvalue weighted by Crippen LogP contribution is -2.41. The number of nitrogens with one attached hydrogen (secondary N) is 1. The first-order chi connectivity index (χ1) is 8.29. The second kappa shape index (κ2) is 6.43. The molecule has 0 heterocycles. The van der Waals surface area contributed by atoms with Crippen LogP contribution in [0.5, 0.6) is 0 Å². The maximum absolute atomic E-state index is 9.86. The van der Waals surface area contributed by atoms with E-state index >= 15 is 0 Å². The van der Waals surface area contributed by atoms with Gasteiger partial charge in [0.25, 0.3) is 0 Å². The maximum atomic E-state index is 9.86. The molecule has 0 amide bonds. The van der Waals surface area contributed by atoms with Gasteiger partial charge in [-0.05, 0) is 36.8 Å². The third kappa shape index (κ3) is 3.73. The fourth-order valence-electron chi connectivity index (χ4n) is 2.34. The van der Waals surface area contributed by atoms with Crippen LogP contribution in [0.4, 0.5) is 0 Å². The Hall–Kier alpha value is -0.510. The van der Waals surface area contributed by atoms with Crippen LogP contribution in [0.25, 0.3) is 0 Å². The molecule has 1 saturated carbocycles. The highest BCUT2D eigenvalue weighted by Gasteiger charge is 2.21. The van der Waals surface area contributed by atoms with Gasteiger partial charge in [-0.2, -0.15) is 0 Å². The van der Waals surface area contributed by atoms with E-state index in [4.69, 9.17) is 0 Å². The summed E-state index contributed by atoms with van der Waals surface area (Å²) in [5.41, 5.74) is 1.29. The van der Waals surface area contributed by atoms with E-state index in [0.29, 0.717) is 0 Å². The summed E-state index contributed by atoms with van der Waals surface area (Å²) in [5.74, 6) is 0. The van der Waals surface area contributed by atoms with Crippen LogP contribution in [0.15, 0.2) is 29.2 Å². The molecule has 3 heteroatoms. The van der Waals surface area contributed by atoms with Gasteiger partial charge in [0.15, 0.2) is 0 Å². The van der Waals surface area contributed by atoms with Gasteiger partial charge in [0, 0.05) is 17.5 Å². The molecular formula is C14H21NOS. The normalized spacial score (nSPS) is 24.8. The summed E-state index contributed by atoms with van der Waals surface area (Å²) in [6.45, 7) is 0.858. The molecule has 0 spiro atoms. The summed E-state index contributed by atoms with van der Waals surface area (Å²) in [6, 6.07) is 8.91. The topological polar surface area (TPSA) is 32.3 Å². The lowest BCUT2D eigenvalue weighted by atomic mass is 9.92. The van der Waals surface area contributed by atoms with Gasteiger partial charge in [-0.3, -0.25) is 0 Å². The monoisotopic (exact) mass is 251 g/mol. The number of hydrogen-bond donors (Lipinski definition) is 2. The van der Waals surface area contributed by atoms with E-state index in [9.17, 15) is 5.11 Å². The third-order valence-electron chi connectivity index (χ3n) is 3.46. The van der Waals surface area contributed by atoms with E-state index in [0.717, 1.165) is 19.4 Å². The van der Waals surface area contributed by atoms with Crippen molar-refractivity contribution in [3.05, 3.63) is 29.8 Å². The van der Waals surface area contributed by atoms with E-state index in [1.54, 1.807) is 11.8 Å². The molecule has 2 N–H and O–H groups in total. The highest BCUT2D eigenvalue weighted by molar-refractivity contribution is 7.98. The van der Waals surface area contributed by atoms with Gasteiger partial charge in [0.05, 0.1) is 6.10 Å². The number of aliphatic hydroxyl groups is 1. The number of aliphatic hydroxyl groups excluding tert-OH is 1. The first kappa shape index (κ1) is 12.9. The Morgan fingerprint density at radius 3 is 2.59 bits per heavy atom. The molecule has 2 unspecified atom stereocenters. The predicted octanol–water partition coefficient (Wildman–Crippen LogP) is 2.80. The summed E-state index contributed by atoms with van der Waals surface area (Å²) in [5, 5.41) is 13.3. The van der Waals surface area contributed by atoms with Crippen LogP contribution in [0, 0.1) is 0 Å². The zero-order chi connectivity index (χ0) is 12.1. The van der Waals surface area contributed by atoms with Crippen molar-refractivity contribution in [3.63, 3.8) is 0 Å². The summed E-state index contributed by atoms with van der Waals surface area (Å²) >= 11 is 1.76. The molecule has 1 fully saturated rings. The molecule has 1 aromatic rings. The van der Waals surface area contributed by atoms with Crippen molar-refractivity contribution >= 4 is 11.8 Å². The Bertz CT molecular complexity index is 339. The van der Waals surface area contributed by atoms with Crippen molar-refractivity contribution in [1.82, 2.24) is 5.32 Å². The molecule has 1 aromatic carbocycles. The standard InChI is InChI=1S/C14H21NOS/c1-17-12-8-6-11(7-9-12)10-15-13-4-2-3-5-14(13)16/h6-9,13-16H,2-5,10H2,1H3. The van der Waals surface area contributed by atoms with Gasteiger partial charge in [-0.25, -0.2) is 0 Å². The van der Waals surface area contributed by atoms with Crippen molar-refractivity contribution < 1.29 is 5.11 Å². The van der Waals surface area contributed by atoms with E-state index < -0.39 is 0 Å². The van der Waals surface area contributed by atoms with Crippen LogP contribution in [0.3, 0.4) is 0 Å². The van der Waals surface area contributed by atoms with Gasteiger partial charge >= 0.3 is 0 Å². The lowest BCUT2D eigenvalue weighted by molar-refractivity contribution is 0.0902. The number of benzene rings is 1. The zero-order valence-electron chi connectivity index (χ0n) is 10.4. The second-order valence-corrected chi connectivity index (χ2v) is 5.57. The molecule has 0 radical (unpaired) electrons. The largest absolute Gasteiger partial charge is 0.392 e. The molecule has 1 aliphatic rings. The maximum Gasteiger partial charge on any atom is 0.0693 e. The Morgan fingerprint density at radius 1 is 1.24 bits per heavy atom. The SMILES string of the molecule is CSc1ccc(CNC2CCCCC2O)cc1. The molecule has 0 bridgehead atoms. The molecular weight excluding hydrogens is 230 g/mol. The van der Waals surface area contributed by atoms with Crippen molar-refractivity contribution in [3.8, 4) is 0 Å². The Morgan fingerprint density at radius 2 is 1.94 bits per heavy atom. The van der Waals surface area contributed by atoms with Crippen LogP contribution in [-0.2, 0) is 6.54 Å². The molecule has 2 rings (SSSR count). The fraction of sp³-hybridized carbons (Fsp3) is 0.571. The predicted molar refractivity (Wildman–Crippen MR) is 73.3 cm³/mol. The minimum atomic E-state index is -0.158. The molecule has 0 aromatic heterocycles. The van der Waals surface area contributed by atoms with Crippen LogP contribution in [-0.4, -0.2) is 23.5 Å². The molecule has 94 valence electrons. The number of hydrogen-bond acceptors (Lipinski definition) is 3. The quantitative estimate of drug-likeness (QED) is 0.807. The highest BCUT2D eigenvalue weighted by atomic mass is 32.2. The minimum absolute atomic E-state index is 0.158. The van der Waals surface area contributed by atoms with Gasteiger partial charge in [-0.1, -0.05) is 25.0 Å². The molecule has 0 saturated heterocycles. The van der Waals surface area contributed by atoms with Gasteiger partial charge in [0.2, 0.25) is 0 Å². The first-order valence-corrected chi connectivity index (χ1v) is 7.56. The van der Waals surface area contributed by atoms with E-state index in [1.165, 1.54) is 23.3 Å². The van der Waals surface area contributed by atoms with E-state index in [1.807, 2.05) is 0 Å². The molecule has 1 aliphatic carbocycles. The van der Waals surface area contributed by atoms with Gasteiger partial charge < -0.3 is 10.4 Å². The molecule has 2 nitrogen and oxygen atoms in total. The van der Waals surface area contributed by atoms with Gasteiger partial charge in [0.1, 0.15) is 0 Å². The molecule has 0 aliphatic heterocycles. The van der Waals surface area contributed by atoms with Crippen molar-refractivity contribution in [2.75, 3.05) is 6.26 Å². The van der Waals surface area contributed by atoms with Crippen LogP contribution in [0.1, 0.15) is 31.2 Å². The minimum Gasteiger partial charge on any atom is -0.392 e. The average molecular weight is 251 g/mol. The molecule has 17 heavy (non-hydrogen) atoms. The average Bonchev–Trinajstić information content (AvgIpc) is 2.38. The number of thioether (sulfide) groups is 1. The Labute approximate surface area is 108 Å². The lowest BCUT2D eigenvalue weighted by Gasteiger charge is -2.28. The van der Waals surface area contributed by atoms with Crippen molar-refractivity contribution in [2.45, 2.75) is 49.3 Å². The van der Waals surface area contributed by atoms with Crippen molar-refractivity contribution in [2.24, 2.45) is 0 Å². The van der Waals surface area contributed by atoms with E-state index in [-0.39, 0.29) is 12.1 Å². The molecule has 2 atom stereocenters. The van der Waals surface area contributed by atoms with Crippen molar-refractivity contribution in [1.29, 1.82) is 0 Å². The van der Waals surface area contributed by atoms with Crippen LogP contribution >= 0.6 is 11.8 Å². The smallest absolute Gasteiger partial charge is 0.0693 e. The summed E-state index contributed by atoms with van der Waals surface area (Å²) in [6.07, 6.45) is 6.38. The van der Waals surface area contributed by atoms with Gasteiger partial charge in [-0.15, -0.1) is 11.8 Å². The fourth-order valence-corrected chi connectivity index (χ4v) is 2.75. The second-order valence-electron chi connectivity index (χ2n) is 4.69. The summed E-state index contributed by atoms with van der Waals surface area (Å²) in [7, 11) is 0. The third-order valence-corrected chi connectivity index (χ3v) is 4.20. The Balaban J connectivity index is 1.84.